The molecule has 0 atom stereocenters. The van der Waals surface area contributed by atoms with Crippen LogP contribution in [0, 0.1) is 0 Å². The first-order chi connectivity index (χ1) is 30.8. The highest BCUT2D eigenvalue weighted by atomic mass is 16.3. The van der Waals surface area contributed by atoms with Crippen LogP contribution in [0.25, 0.3) is 76.9 Å². The van der Waals surface area contributed by atoms with Gasteiger partial charge in [-0.15, -0.1) is 0 Å². The van der Waals surface area contributed by atoms with Gasteiger partial charge in [-0.2, -0.15) is 0 Å². The second-order valence-corrected chi connectivity index (χ2v) is 12.3. The van der Waals surface area contributed by atoms with Gasteiger partial charge in [0.2, 0.25) is 0 Å². The maximum absolute atomic E-state index is 9.60. The van der Waals surface area contributed by atoms with Crippen molar-refractivity contribution in [1.29, 1.82) is 0 Å². The lowest BCUT2D eigenvalue weighted by Gasteiger charge is -2.26. The van der Waals surface area contributed by atoms with Crippen molar-refractivity contribution in [1.82, 2.24) is 0 Å². The monoisotopic (exact) mass is 675 g/mol. The first kappa shape index (κ1) is 20.1. The molecule has 1 heterocycles. The van der Waals surface area contributed by atoms with Crippen molar-refractivity contribution < 1.29 is 20.9 Å². The van der Waals surface area contributed by atoms with Crippen LogP contribution in [0.1, 0.15) is 16.4 Å². The zero-order valence-electron chi connectivity index (χ0n) is 39.5. The average molecular weight is 676 g/mol. The summed E-state index contributed by atoms with van der Waals surface area (Å²) in [4.78, 5) is 0.841. The second-order valence-electron chi connectivity index (χ2n) is 12.3. The molecule has 10 rings (SSSR count). The van der Waals surface area contributed by atoms with Crippen molar-refractivity contribution in [3.05, 3.63) is 200 Å². The van der Waals surface area contributed by atoms with E-state index in [0.717, 1.165) is 21.1 Å². The van der Waals surface area contributed by atoms with E-state index in [1.807, 2.05) is 60.7 Å². The molecule has 2 heteroatoms. The van der Waals surface area contributed by atoms with Crippen LogP contribution in [0.3, 0.4) is 0 Å². The molecule has 0 radical (unpaired) electrons. The van der Waals surface area contributed by atoms with E-state index in [0.29, 0.717) is 38.5 Å². The van der Waals surface area contributed by atoms with Gasteiger partial charge in [0.15, 0.2) is 0 Å². The summed E-state index contributed by atoms with van der Waals surface area (Å²) < 4.78 is 120. The molecular formula is C50H33NO. The van der Waals surface area contributed by atoms with Crippen molar-refractivity contribution in [2.24, 2.45) is 0 Å². The van der Waals surface area contributed by atoms with Crippen molar-refractivity contribution >= 4 is 60.5 Å². The summed E-state index contributed by atoms with van der Waals surface area (Å²) in [6.07, 6.45) is 0. The van der Waals surface area contributed by atoms with Gasteiger partial charge in [0.05, 0.1) is 16.4 Å². The zero-order valence-corrected chi connectivity index (χ0v) is 27.5. The predicted octanol–water partition coefficient (Wildman–Crippen LogP) is 14.4. The number of rotatable bonds is 6. The molecule has 0 N–H and O–H groups in total. The minimum Gasteiger partial charge on any atom is -0.455 e. The molecule has 0 bridgehead atoms. The number of nitrogens with zero attached hydrogens (tertiary/aromatic N) is 1. The Morgan fingerprint density at radius 2 is 0.731 bits per heavy atom. The van der Waals surface area contributed by atoms with Crippen LogP contribution in [0.2, 0.25) is 0 Å². The fraction of sp³-hybridized carbons (Fsp3) is 0. The van der Waals surface area contributed by atoms with E-state index in [-0.39, 0.29) is 22.3 Å². The third-order valence-corrected chi connectivity index (χ3v) is 9.30. The summed E-state index contributed by atoms with van der Waals surface area (Å²) in [5, 5.41) is 4.37. The Balaban J connectivity index is 1.29. The molecule has 0 aliphatic carbocycles. The Labute approximate surface area is 319 Å². The predicted molar refractivity (Wildman–Crippen MR) is 220 cm³/mol. The molecule has 0 saturated carbocycles. The molecule has 0 saturated heterocycles. The van der Waals surface area contributed by atoms with E-state index in [1.165, 1.54) is 0 Å². The Hall–Kier alpha value is -6.90. The van der Waals surface area contributed by atoms with Crippen molar-refractivity contribution in [3.63, 3.8) is 0 Å². The summed E-state index contributed by atoms with van der Waals surface area (Å²) in [7, 11) is 0. The molecule has 0 fully saturated rings. The van der Waals surface area contributed by atoms with Gasteiger partial charge in [0, 0.05) is 33.4 Å². The van der Waals surface area contributed by atoms with Gasteiger partial charge in [-0.25, -0.2) is 0 Å². The van der Waals surface area contributed by atoms with Crippen LogP contribution in [0.4, 0.5) is 17.1 Å². The lowest BCUT2D eigenvalue weighted by atomic mass is 9.97. The molecule has 0 amide bonds. The normalized spacial score (nSPS) is 14.7. The first-order valence-corrected chi connectivity index (χ1v) is 16.8. The van der Waals surface area contributed by atoms with Gasteiger partial charge < -0.3 is 9.32 Å². The molecule has 0 aliphatic heterocycles. The van der Waals surface area contributed by atoms with Crippen molar-refractivity contribution in [3.8, 4) is 33.4 Å². The smallest absolute Gasteiger partial charge is 0.143 e. The van der Waals surface area contributed by atoms with Gasteiger partial charge >= 0.3 is 0 Å². The SMILES string of the molecule is [2H]c1c([2H])c(N(c2c([2H])c([2H])c(-c3cccc4ccccc34)c([2H])c2[2H])c2c([2H])c([2H])c(-c3cccc4c3oc3ccccc34)c([2H])c2[2H])c([2H])c([2H])c1-c1cccc2ccccc12. The third-order valence-electron chi connectivity index (χ3n) is 9.30. The number of hydrogen-bond acceptors (Lipinski definition) is 2. The van der Waals surface area contributed by atoms with Crippen LogP contribution in [0.15, 0.2) is 204 Å². The molecule has 1 aromatic heterocycles. The number of para-hydroxylation sites is 2. The van der Waals surface area contributed by atoms with Crippen molar-refractivity contribution in [2.45, 2.75) is 0 Å². The highest BCUT2D eigenvalue weighted by Crippen LogP contribution is 2.41. The maximum atomic E-state index is 9.60. The highest BCUT2D eigenvalue weighted by Gasteiger charge is 2.16. The molecule has 9 aromatic carbocycles. The standard InChI is InChI=1S/C50H33NO/c1-3-14-42-34(10-1)12-7-17-44(42)36-22-28-39(29-23-36)51(40-30-24-37(25-31-40)45-18-8-13-35-11-2-4-15-43(35)45)41-32-26-38(27-33-41)46-19-9-20-48-47-16-5-6-21-49(47)52-50(46)48/h1-33H/i22D,23D,24D,25D,26D,27D,28D,29D,30D,31D,32D,33D. The summed E-state index contributed by atoms with van der Waals surface area (Å²) in [6.45, 7) is 0. The molecule has 244 valence electrons. The van der Waals surface area contributed by atoms with Gasteiger partial charge in [-0.1, -0.05) is 158 Å². The molecule has 52 heavy (non-hydrogen) atoms. The molecule has 10 aromatic rings. The largest absolute Gasteiger partial charge is 0.455 e. The number of fused-ring (bicyclic) bond motifs is 5. The molecule has 0 aliphatic rings. The van der Waals surface area contributed by atoms with Gasteiger partial charge in [-0.05, 0) is 91.7 Å². The summed E-state index contributed by atoms with van der Waals surface area (Å²) >= 11 is 0. The fourth-order valence-corrected chi connectivity index (χ4v) is 6.82. The summed E-state index contributed by atoms with van der Waals surface area (Å²) in [6, 6.07) is 30.4. The molecular weight excluding hydrogens is 631 g/mol. The van der Waals surface area contributed by atoms with Crippen molar-refractivity contribution in [2.75, 3.05) is 4.90 Å². The van der Waals surface area contributed by atoms with Crippen LogP contribution >= 0.6 is 0 Å². The number of hydrogen-bond donors (Lipinski definition) is 0. The average Bonchev–Trinajstić information content (AvgIpc) is 3.69. The van der Waals surface area contributed by atoms with Gasteiger partial charge in [0.25, 0.3) is 0 Å². The lowest BCUT2D eigenvalue weighted by molar-refractivity contribution is 0.670. The summed E-state index contributed by atoms with van der Waals surface area (Å²) in [5.41, 5.74) is -0.0590. The molecule has 0 unspecified atom stereocenters. The molecule has 0 spiro atoms. The summed E-state index contributed by atoms with van der Waals surface area (Å²) in [5.74, 6) is 0. The zero-order chi connectivity index (χ0) is 44.9. The minimum absolute atomic E-state index is 0.0461. The van der Waals surface area contributed by atoms with E-state index in [1.54, 1.807) is 66.7 Å². The van der Waals surface area contributed by atoms with E-state index in [9.17, 15) is 16.4 Å². The van der Waals surface area contributed by atoms with Crippen LogP contribution in [0.5, 0.6) is 0 Å². The molecule has 2 nitrogen and oxygen atoms in total. The number of furan rings is 1. The van der Waals surface area contributed by atoms with E-state index >= 15 is 0 Å². The van der Waals surface area contributed by atoms with Gasteiger partial charge in [0.1, 0.15) is 11.2 Å². The Kier molecular flexibility index (Phi) is 4.81. The van der Waals surface area contributed by atoms with E-state index in [4.69, 9.17) is 4.42 Å². The van der Waals surface area contributed by atoms with Crippen LogP contribution in [-0.4, -0.2) is 0 Å². The fourth-order valence-electron chi connectivity index (χ4n) is 6.82. The minimum atomic E-state index is -0.700. The van der Waals surface area contributed by atoms with E-state index < -0.39 is 89.6 Å². The quantitative estimate of drug-likeness (QED) is 0.174. The Bertz CT molecular complexity index is 3380. The Morgan fingerprint density at radius 1 is 0.346 bits per heavy atom. The van der Waals surface area contributed by atoms with Gasteiger partial charge in [-0.3, -0.25) is 0 Å². The van der Waals surface area contributed by atoms with Crippen LogP contribution in [-0.2, 0) is 0 Å². The topological polar surface area (TPSA) is 16.4 Å². The third kappa shape index (κ3) is 5.12. The maximum Gasteiger partial charge on any atom is 0.143 e. The number of benzene rings is 9. The van der Waals surface area contributed by atoms with Crippen LogP contribution < -0.4 is 4.90 Å². The first-order valence-electron chi connectivity index (χ1n) is 22.8. The van der Waals surface area contributed by atoms with E-state index in [2.05, 4.69) is 0 Å². The number of anilines is 3. The highest BCUT2D eigenvalue weighted by molar-refractivity contribution is 6.09. The Morgan fingerprint density at radius 3 is 1.27 bits per heavy atom. The second kappa shape index (κ2) is 12.5. The lowest BCUT2D eigenvalue weighted by Crippen LogP contribution is -2.09.